The molecule has 0 unspecified atom stereocenters. The Balaban J connectivity index is 2.27. The number of hydrogen-bond acceptors (Lipinski definition) is 3. The van der Waals surface area contributed by atoms with Gasteiger partial charge in [0.2, 0.25) is 5.91 Å². The van der Waals surface area contributed by atoms with E-state index in [1.165, 1.54) is 0 Å². The highest BCUT2D eigenvalue weighted by atomic mass is 16.4. The van der Waals surface area contributed by atoms with Crippen LogP contribution in [0.2, 0.25) is 0 Å². The Morgan fingerprint density at radius 2 is 2.11 bits per heavy atom. The summed E-state index contributed by atoms with van der Waals surface area (Å²) in [4.78, 5) is 23.2. The average molecular weight is 248 g/mol. The molecule has 1 aliphatic carbocycles. The van der Waals surface area contributed by atoms with E-state index in [-0.39, 0.29) is 11.5 Å². The Morgan fingerprint density at radius 1 is 1.44 bits per heavy atom. The first kappa shape index (κ1) is 12.6. The Bertz CT molecular complexity index is 507. The van der Waals surface area contributed by atoms with Gasteiger partial charge in [0, 0.05) is 6.54 Å². The van der Waals surface area contributed by atoms with Gasteiger partial charge < -0.3 is 16.2 Å². The zero-order valence-electron chi connectivity index (χ0n) is 10.2. The Morgan fingerprint density at radius 3 is 2.61 bits per heavy atom. The van der Waals surface area contributed by atoms with Gasteiger partial charge in [-0.2, -0.15) is 0 Å². The molecule has 1 amide bonds. The van der Waals surface area contributed by atoms with E-state index in [0.29, 0.717) is 17.8 Å². The number of nitrogens with two attached hydrogens (primary N) is 1. The van der Waals surface area contributed by atoms with Crippen LogP contribution >= 0.6 is 0 Å². The third-order valence-corrected chi connectivity index (χ3v) is 3.46. The maximum absolute atomic E-state index is 12.0. The number of benzene rings is 1. The lowest BCUT2D eigenvalue weighted by atomic mass is 10.0. The van der Waals surface area contributed by atoms with E-state index in [2.05, 4.69) is 5.32 Å². The van der Waals surface area contributed by atoms with Crippen molar-refractivity contribution in [2.24, 2.45) is 11.1 Å². The van der Waals surface area contributed by atoms with Crippen molar-refractivity contribution in [2.45, 2.75) is 19.8 Å². The first-order valence-electron chi connectivity index (χ1n) is 5.84. The smallest absolute Gasteiger partial charge is 0.338 e. The number of carboxylic acid groups (broad SMARTS) is 1. The number of aromatic carboxylic acids is 1. The average Bonchev–Trinajstić information content (AvgIpc) is 3.09. The molecule has 5 heteroatoms. The predicted octanol–water partition coefficient (Wildman–Crippen LogP) is 1.37. The van der Waals surface area contributed by atoms with Crippen LogP contribution < -0.4 is 11.1 Å². The zero-order chi connectivity index (χ0) is 13.3. The molecule has 18 heavy (non-hydrogen) atoms. The summed E-state index contributed by atoms with van der Waals surface area (Å²) >= 11 is 0. The van der Waals surface area contributed by atoms with Gasteiger partial charge in [0.25, 0.3) is 0 Å². The number of hydrogen-bond donors (Lipinski definition) is 3. The van der Waals surface area contributed by atoms with Crippen LogP contribution in [-0.2, 0) is 4.79 Å². The summed E-state index contributed by atoms with van der Waals surface area (Å²) < 4.78 is 0. The molecule has 1 fully saturated rings. The van der Waals surface area contributed by atoms with Crippen molar-refractivity contribution in [2.75, 3.05) is 11.9 Å². The molecule has 0 radical (unpaired) electrons. The number of rotatable bonds is 4. The van der Waals surface area contributed by atoms with Gasteiger partial charge in [-0.25, -0.2) is 4.79 Å². The number of nitrogens with one attached hydrogen (secondary N) is 1. The number of aryl methyl sites for hydroxylation is 1. The van der Waals surface area contributed by atoms with Crippen molar-refractivity contribution in [3.8, 4) is 0 Å². The van der Waals surface area contributed by atoms with Gasteiger partial charge in [-0.05, 0) is 31.4 Å². The zero-order valence-corrected chi connectivity index (χ0v) is 10.2. The van der Waals surface area contributed by atoms with Crippen LogP contribution in [0.3, 0.4) is 0 Å². The quantitative estimate of drug-likeness (QED) is 0.750. The van der Waals surface area contributed by atoms with E-state index in [0.717, 1.165) is 12.8 Å². The second-order valence-electron chi connectivity index (χ2n) is 4.74. The van der Waals surface area contributed by atoms with Crippen LogP contribution in [0.1, 0.15) is 28.8 Å². The number of anilines is 1. The lowest BCUT2D eigenvalue weighted by Crippen LogP contribution is -2.31. The molecule has 0 aliphatic heterocycles. The van der Waals surface area contributed by atoms with Gasteiger partial charge in [0.15, 0.2) is 0 Å². The van der Waals surface area contributed by atoms with Crippen molar-refractivity contribution < 1.29 is 14.7 Å². The molecule has 1 aromatic rings. The summed E-state index contributed by atoms with van der Waals surface area (Å²) in [5.41, 5.74) is 6.19. The van der Waals surface area contributed by atoms with E-state index >= 15 is 0 Å². The number of carbonyl (C=O) groups is 2. The van der Waals surface area contributed by atoms with Crippen molar-refractivity contribution >= 4 is 17.6 Å². The van der Waals surface area contributed by atoms with Crippen LogP contribution in [0.5, 0.6) is 0 Å². The molecule has 1 aromatic carbocycles. The van der Waals surface area contributed by atoms with Crippen LogP contribution in [0.25, 0.3) is 0 Å². The molecule has 4 N–H and O–H groups in total. The van der Waals surface area contributed by atoms with E-state index < -0.39 is 11.4 Å². The first-order chi connectivity index (χ1) is 8.50. The summed E-state index contributed by atoms with van der Waals surface area (Å²) in [6, 6.07) is 5.02. The molecule has 0 aromatic heterocycles. The number of carboxylic acids is 1. The second kappa shape index (κ2) is 4.42. The van der Waals surface area contributed by atoms with Gasteiger partial charge in [-0.1, -0.05) is 12.1 Å². The third kappa shape index (κ3) is 2.09. The van der Waals surface area contributed by atoms with Crippen LogP contribution in [0.4, 0.5) is 5.69 Å². The summed E-state index contributed by atoms with van der Waals surface area (Å²) in [6.07, 6.45) is 1.53. The summed E-state index contributed by atoms with van der Waals surface area (Å²) in [6.45, 7) is 2.00. The molecule has 1 saturated carbocycles. The molecule has 0 bridgehead atoms. The van der Waals surface area contributed by atoms with Crippen molar-refractivity contribution in [1.29, 1.82) is 0 Å². The standard InChI is InChI=1S/C13H16N2O3/c1-8-3-2-4-9(10(8)11(16)17)15-12(18)13(7-14)5-6-13/h2-4H,5-7,14H2,1H3,(H,15,18)(H,16,17). The highest BCUT2D eigenvalue weighted by Crippen LogP contribution is 2.45. The van der Waals surface area contributed by atoms with E-state index in [9.17, 15) is 9.59 Å². The second-order valence-corrected chi connectivity index (χ2v) is 4.74. The van der Waals surface area contributed by atoms with Crippen LogP contribution in [-0.4, -0.2) is 23.5 Å². The molecule has 96 valence electrons. The molecule has 1 aliphatic rings. The fourth-order valence-corrected chi connectivity index (χ4v) is 1.99. The van der Waals surface area contributed by atoms with Gasteiger partial charge in [-0.3, -0.25) is 4.79 Å². The first-order valence-corrected chi connectivity index (χ1v) is 5.84. The van der Waals surface area contributed by atoms with E-state index in [1.54, 1.807) is 25.1 Å². The largest absolute Gasteiger partial charge is 0.478 e. The maximum Gasteiger partial charge on any atom is 0.338 e. The molecule has 0 saturated heterocycles. The number of carbonyl (C=O) groups excluding carboxylic acids is 1. The summed E-state index contributed by atoms with van der Waals surface area (Å²) in [5.74, 6) is -1.22. The fraction of sp³-hybridized carbons (Fsp3) is 0.385. The van der Waals surface area contributed by atoms with Crippen LogP contribution in [0.15, 0.2) is 18.2 Å². The van der Waals surface area contributed by atoms with Gasteiger partial charge in [-0.15, -0.1) is 0 Å². The Hall–Kier alpha value is -1.88. The SMILES string of the molecule is Cc1cccc(NC(=O)C2(CN)CC2)c1C(=O)O. The van der Waals surface area contributed by atoms with Gasteiger partial charge in [0.05, 0.1) is 16.7 Å². The highest BCUT2D eigenvalue weighted by molar-refractivity contribution is 6.04. The summed E-state index contributed by atoms with van der Waals surface area (Å²) in [7, 11) is 0. The molecule has 0 heterocycles. The van der Waals surface area contributed by atoms with Crippen molar-refractivity contribution in [3.05, 3.63) is 29.3 Å². The lowest BCUT2D eigenvalue weighted by molar-refractivity contribution is -0.120. The number of amides is 1. The predicted molar refractivity (Wildman–Crippen MR) is 67.5 cm³/mol. The third-order valence-electron chi connectivity index (χ3n) is 3.46. The minimum atomic E-state index is -1.04. The monoisotopic (exact) mass is 248 g/mol. The van der Waals surface area contributed by atoms with Gasteiger partial charge >= 0.3 is 5.97 Å². The minimum Gasteiger partial charge on any atom is -0.478 e. The van der Waals surface area contributed by atoms with Crippen LogP contribution in [0, 0.1) is 12.3 Å². The fourth-order valence-electron chi connectivity index (χ4n) is 1.99. The lowest BCUT2D eigenvalue weighted by Gasteiger charge is -2.15. The Labute approximate surface area is 105 Å². The topological polar surface area (TPSA) is 92.4 Å². The van der Waals surface area contributed by atoms with E-state index in [1.807, 2.05) is 0 Å². The van der Waals surface area contributed by atoms with Gasteiger partial charge in [0.1, 0.15) is 0 Å². The normalized spacial score (nSPS) is 16.1. The molecular formula is C13H16N2O3. The minimum absolute atomic E-state index is 0.138. The van der Waals surface area contributed by atoms with Crippen molar-refractivity contribution in [1.82, 2.24) is 0 Å². The molecular weight excluding hydrogens is 232 g/mol. The molecule has 2 rings (SSSR count). The van der Waals surface area contributed by atoms with Crippen molar-refractivity contribution in [3.63, 3.8) is 0 Å². The Kier molecular flexibility index (Phi) is 3.09. The molecule has 5 nitrogen and oxygen atoms in total. The summed E-state index contributed by atoms with van der Waals surface area (Å²) in [5, 5.41) is 11.8. The maximum atomic E-state index is 12.0. The highest BCUT2D eigenvalue weighted by Gasteiger charge is 2.48. The molecule has 0 spiro atoms. The van der Waals surface area contributed by atoms with E-state index in [4.69, 9.17) is 10.8 Å². The molecule has 0 atom stereocenters.